The molecule has 3 aromatic carbocycles. The molecule has 19 heteroatoms. The van der Waals surface area contributed by atoms with Crippen molar-refractivity contribution in [3.05, 3.63) is 95.4 Å². The van der Waals surface area contributed by atoms with Crippen molar-refractivity contribution in [2.45, 2.75) is 56.3 Å². The van der Waals surface area contributed by atoms with Gasteiger partial charge >= 0.3 is 0 Å². The summed E-state index contributed by atoms with van der Waals surface area (Å²) in [5.41, 5.74) is 4.06. The first-order valence-corrected chi connectivity index (χ1v) is 22.2. The SMILES string of the molecule is O=CC(COCCOCCNc1cccc2c1C(=O)N(C1CCC(=O)NC1=O)C2=O)N1CCCC(n2cc(-c3cnc4cccc(-c5cc(F)c(CC6CNCCO6)c(F)c5)c4n3)cn2)C1. The number of ether oxygens (including phenoxy) is 3. The molecule has 3 fully saturated rings. The Morgan fingerprint density at radius 1 is 0.955 bits per heavy atom. The number of fused-ring (bicyclic) bond motifs is 2. The van der Waals surface area contributed by atoms with Gasteiger partial charge in [-0.1, -0.05) is 18.2 Å². The van der Waals surface area contributed by atoms with Crippen LogP contribution in [0, 0.1) is 11.6 Å². The molecule has 3 saturated heterocycles. The Kier molecular flexibility index (Phi) is 13.6. The van der Waals surface area contributed by atoms with E-state index in [1.54, 1.807) is 42.7 Å². The first kappa shape index (κ1) is 44.8. The molecule has 4 aliphatic rings. The van der Waals surface area contributed by atoms with Crippen LogP contribution in [0.3, 0.4) is 0 Å². The second-order valence-corrected chi connectivity index (χ2v) is 16.7. The molecule has 344 valence electrons. The monoisotopic (exact) mass is 905 g/mol. The summed E-state index contributed by atoms with van der Waals surface area (Å²) in [6, 6.07) is 11.4. The van der Waals surface area contributed by atoms with Crippen molar-refractivity contribution in [1.82, 2.24) is 40.2 Å². The van der Waals surface area contributed by atoms with Crippen LogP contribution in [-0.2, 0) is 35.0 Å². The predicted molar refractivity (Wildman–Crippen MR) is 235 cm³/mol. The molecule has 4 unspecified atom stereocenters. The number of aromatic nitrogens is 4. The van der Waals surface area contributed by atoms with Crippen molar-refractivity contribution in [3.8, 4) is 22.4 Å². The van der Waals surface area contributed by atoms with Crippen LogP contribution in [0.5, 0.6) is 0 Å². The van der Waals surface area contributed by atoms with Gasteiger partial charge in [-0.05, 0) is 61.7 Å². The standard InChI is InChI=1S/C47H49F2N9O8/c48-36-18-28(19-37(49)35(36)20-32-22-50-11-15-66-32)33-5-1-8-39-44(33)54-40(23-52-39)29-21-53-57(24-29)30-4-3-13-56(25-30)31(26-59)27-65-17-16-64-14-12-51-38-7-2-6-34-43(38)47(63)58(46(34)62)41-9-10-42(60)55-45(41)61/h1-2,5-8,18-19,21,23-24,26,30-32,41,50-51H,3-4,9-17,20,22,25,27H2,(H,55,60,61). The van der Waals surface area contributed by atoms with Crippen LogP contribution in [0.1, 0.15) is 58.0 Å². The molecule has 0 saturated carbocycles. The number of nitrogens with one attached hydrogen (secondary N) is 3. The van der Waals surface area contributed by atoms with E-state index >= 15 is 8.78 Å². The van der Waals surface area contributed by atoms with E-state index in [1.165, 1.54) is 18.2 Å². The van der Waals surface area contributed by atoms with Gasteiger partial charge in [-0.25, -0.2) is 13.8 Å². The molecule has 0 spiro atoms. The average Bonchev–Trinajstić information content (AvgIpc) is 3.92. The Hall–Kier alpha value is -6.38. The Labute approximate surface area is 378 Å². The van der Waals surface area contributed by atoms with E-state index in [4.69, 9.17) is 19.2 Å². The summed E-state index contributed by atoms with van der Waals surface area (Å²) >= 11 is 0. The number of carbonyl (C=O) groups excluding carboxylic acids is 5. The number of piperidine rings is 2. The number of likely N-dealkylation sites (tertiary alicyclic amines) is 1. The van der Waals surface area contributed by atoms with E-state index < -0.39 is 47.3 Å². The second-order valence-electron chi connectivity index (χ2n) is 16.7. The minimum absolute atomic E-state index is 0.00775. The molecular formula is C47H49F2N9O8. The average molecular weight is 906 g/mol. The van der Waals surface area contributed by atoms with Crippen LogP contribution >= 0.6 is 0 Å². The number of imide groups is 2. The highest BCUT2D eigenvalue weighted by Crippen LogP contribution is 2.34. The highest BCUT2D eigenvalue weighted by atomic mass is 19.1. The van der Waals surface area contributed by atoms with Gasteiger partial charge in [0.15, 0.2) is 0 Å². The lowest BCUT2D eigenvalue weighted by molar-refractivity contribution is -0.136. The van der Waals surface area contributed by atoms with Crippen LogP contribution in [-0.4, -0.2) is 143 Å². The van der Waals surface area contributed by atoms with Gasteiger partial charge in [0.2, 0.25) is 11.8 Å². The maximum Gasteiger partial charge on any atom is 0.264 e. The van der Waals surface area contributed by atoms with Crippen molar-refractivity contribution in [3.63, 3.8) is 0 Å². The number of benzene rings is 3. The van der Waals surface area contributed by atoms with Gasteiger partial charge in [0.25, 0.3) is 11.8 Å². The number of halogens is 2. The molecule has 9 rings (SSSR count). The van der Waals surface area contributed by atoms with E-state index in [1.807, 2.05) is 10.9 Å². The van der Waals surface area contributed by atoms with Crippen molar-refractivity contribution < 1.29 is 47.0 Å². The Balaban J connectivity index is 0.753. The van der Waals surface area contributed by atoms with Gasteiger partial charge in [0, 0.05) is 67.6 Å². The molecule has 17 nitrogen and oxygen atoms in total. The smallest absolute Gasteiger partial charge is 0.264 e. The third kappa shape index (κ3) is 9.48. The van der Waals surface area contributed by atoms with E-state index in [-0.39, 0.29) is 74.5 Å². The summed E-state index contributed by atoms with van der Waals surface area (Å²) in [6.07, 6.45) is 7.80. The van der Waals surface area contributed by atoms with Crippen molar-refractivity contribution in [2.75, 3.05) is 71.1 Å². The molecule has 5 aromatic rings. The molecule has 4 atom stereocenters. The first-order chi connectivity index (χ1) is 32.2. The molecule has 4 aliphatic heterocycles. The lowest BCUT2D eigenvalue weighted by Gasteiger charge is -2.36. The highest BCUT2D eigenvalue weighted by Gasteiger charge is 2.45. The number of carbonyl (C=O) groups is 5. The van der Waals surface area contributed by atoms with Crippen molar-refractivity contribution in [1.29, 1.82) is 0 Å². The number of rotatable bonds is 17. The number of aldehydes is 1. The van der Waals surface area contributed by atoms with Crippen LogP contribution in [0.2, 0.25) is 0 Å². The number of anilines is 1. The van der Waals surface area contributed by atoms with Crippen molar-refractivity contribution in [2.24, 2.45) is 0 Å². The van der Waals surface area contributed by atoms with Crippen LogP contribution in [0.15, 0.2) is 67.1 Å². The Bertz CT molecular complexity index is 2630. The summed E-state index contributed by atoms with van der Waals surface area (Å²) < 4.78 is 50.0. The predicted octanol–water partition coefficient (Wildman–Crippen LogP) is 3.72. The van der Waals surface area contributed by atoms with E-state index in [9.17, 15) is 24.0 Å². The first-order valence-electron chi connectivity index (χ1n) is 22.2. The zero-order valence-electron chi connectivity index (χ0n) is 36.0. The fourth-order valence-electron chi connectivity index (χ4n) is 9.08. The van der Waals surface area contributed by atoms with E-state index in [0.717, 1.165) is 36.1 Å². The van der Waals surface area contributed by atoms with E-state index in [2.05, 4.69) is 30.9 Å². The molecular weight excluding hydrogens is 857 g/mol. The Morgan fingerprint density at radius 2 is 1.77 bits per heavy atom. The van der Waals surface area contributed by atoms with Gasteiger partial charge < -0.3 is 29.6 Å². The lowest BCUT2D eigenvalue weighted by Crippen LogP contribution is -2.54. The molecule has 0 aliphatic carbocycles. The molecule has 0 bridgehead atoms. The fraction of sp³-hybridized carbons (Fsp3) is 0.404. The van der Waals surface area contributed by atoms with Gasteiger partial charge in [0.05, 0.1) is 91.5 Å². The van der Waals surface area contributed by atoms with Gasteiger partial charge in [-0.15, -0.1) is 0 Å². The van der Waals surface area contributed by atoms with Crippen LogP contribution in [0.25, 0.3) is 33.4 Å². The second kappa shape index (κ2) is 20.0. The molecule has 66 heavy (non-hydrogen) atoms. The van der Waals surface area contributed by atoms with Gasteiger partial charge in [-0.3, -0.25) is 44.0 Å². The summed E-state index contributed by atoms with van der Waals surface area (Å²) in [7, 11) is 0. The van der Waals surface area contributed by atoms with Gasteiger partial charge in [-0.2, -0.15) is 5.10 Å². The summed E-state index contributed by atoms with van der Waals surface area (Å²) in [6.45, 7) is 4.29. The minimum atomic E-state index is -1.05. The van der Waals surface area contributed by atoms with Crippen LogP contribution in [0.4, 0.5) is 14.5 Å². The topological polar surface area (TPSA) is 199 Å². The number of hydrogen-bond donors (Lipinski definition) is 3. The number of morpholine rings is 1. The Morgan fingerprint density at radius 3 is 2.58 bits per heavy atom. The lowest BCUT2D eigenvalue weighted by atomic mass is 9.98. The minimum Gasteiger partial charge on any atom is -0.382 e. The number of hydrogen-bond acceptors (Lipinski definition) is 14. The zero-order valence-corrected chi connectivity index (χ0v) is 36.0. The summed E-state index contributed by atoms with van der Waals surface area (Å²) in [5, 5.41) is 13.2. The number of para-hydroxylation sites is 1. The van der Waals surface area contributed by atoms with Crippen molar-refractivity contribution >= 4 is 46.6 Å². The zero-order chi connectivity index (χ0) is 45.7. The summed E-state index contributed by atoms with van der Waals surface area (Å²) in [4.78, 5) is 75.3. The molecule has 4 amide bonds. The summed E-state index contributed by atoms with van der Waals surface area (Å²) in [5.74, 6) is -3.55. The highest BCUT2D eigenvalue weighted by molar-refractivity contribution is 6.25. The fourth-order valence-corrected chi connectivity index (χ4v) is 9.08. The maximum atomic E-state index is 15.4. The van der Waals surface area contributed by atoms with Crippen LogP contribution < -0.4 is 16.0 Å². The van der Waals surface area contributed by atoms with E-state index in [0.29, 0.717) is 66.3 Å². The molecule has 0 radical (unpaired) electrons. The largest absolute Gasteiger partial charge is 0.382 e. The maximum absolute atomic E-state index is 15.4. The molecule has 2 aromatic heterocycles. The number of amides is 4. The van der Waals surface area contributed by atoms with Gasteiger partial charge in [0.1, 0.15) is 24.0 Å². The molecule has 6 heterocycles. The normalized spacial score (nSPS) is 20.7. The quantitative estimate of drug-likeness (QED) is 0.0693. The number of nitrogens with zero attached hydrogens (tertiary/aromatic N) is 6. The third-order valence-corrected chi connectivity index (χ3v) is 12.5. The third-order valence-electron chi connectivity index (χ3n) is 12.5. The molecule has 3 N–H and O–H groups in total.